The number of pyridine rings is 1. The van der Waals surface area contributed by atoms with Crippen molar-refractivity contribution in [2.75, 3.05) is 5.32 Å². The molecule has 22 heavy (non-hydrogen) atoms. The number of rotatable bonds is 5. The number of hydrogen-bond acceptors (Lipinski definition) is 6. The van der Waals surface area contributed by atoms with Crippen LogP contribution in [0.1, 0.15) is 17.2 Å². The van der Waals surface area contributed by atoms with Crippen LogP contribution >= 0.6 is 23.1 Å². The van der Waals surface area contributed by atoms with Crippen molar-refractivity contribution in [3.8, 4) is 0 Å². The van der Waals surface area contributed by atoms with Crippen molar-refractivity contribution in [3.63, 3.8) is 0 Å². The molecule has 0 amide bonds. The van der Waals surface area contributed by atoms with Gasteiger partial charge in [0.25, 0.3) is 0 Å². The summed E-state index contributed by atoms with van der Waals surface area (Å²) in [5.74, 6) is 1.87. The molecule has 7 heteroatoms. The zero-order valence-corrected chi connectivity index (χ0v) is 14.3. The van der Waals surface area contributed by atoms with Crippen molar-refractivity contribution in [1.29, 1.82) is 0 Å². The number of aryl methyl sites for hydroxylation is 2. The van der Waals surface area contributed by atoms with Crippen LogP contribution in [0.25, 0.3) is 0 Å². The highest BCUT2D eigenvalue weighted by molar-refractivity contribution is 8.01. The quantitative estimate of drug-likeness (QED) is 0.773. The molecule has 0 bridgehead atoms. The van der Waals surface area contributed by atoms with Crippen molar-refractivity contribution in [2.24, 2.45) is 7.05 Å². The molecule has 0 radical (unpaired) electrons. The van der Waals surface area contributed by atoms with Gasteiger partial charge in [0.2, 0.25) is 0 Å². The minimum Gasteiger partial charge on any atom is -0.364 e. The van der Waals surface area contributed by atoms with Crippen molar-refractivity contribution in [3.05, 3.63) is 47.1 Å². The largest absolute Gasteiger partial charge is 0.364 e. The monoisotopic (exact) mass is 331 g/mol. The number of nitrogens with one attached hydrogen (secondary N) is 1. The highest BCUT2D eigenvalue weighted by atomic mass is 32.2. The molecule has 1 N–H and O–H groups in total. The predicted molar refractivity (Wildman–Crippen MR) is 90.5 cm³/mol. The van der Waals surface area contributed by atoms with Gasteiger partial charge < -0.3 is 9.88 Å². The third-order valence-electron chi connectivity index (χ3n) is 3.31. The Morgan fingerprint density at radius 2 is 2.09 bits per heavy atom. The first-order chi connectivity index (χ1) is 10.6. The summed E-state index contributed by atoms with van der Waals surface area (Å²) < 4.78 is 3.12. The highest BCUT2D eigenvalue weighted by Gasteiger charge is 2.04. The molecule has 0 aliphatic heterocycles. The van der Waals surface area contributed by atoms with E-state index in [1.807, 2.05) is 39.4 Å². The maximum atomic E-state index is 4.45. The van der Waals surface area contributed by atoms with Gasteiger partial charge in [-0.3, -0.25) is 0 Å². The zero-order valence-electron chi connectivity index (χ0n) is 12.7. The van der Waals surface area contributed by atoms with Crippen LogP contribution in [0.5, 0.6) is 0 Å². The fourth-order valence-corrected chi connectivity index (χ4v) is 3.70. The van der Waals surface area contributed by atoms with Crippen LogP contribution in [0.3, 0.4) is 0 Å². The first-order valence-electron chi connectivity index (χ1n) is 6.89. The van der Waals surface area contributed by atoms with Crippen LogP contribution in [-0.2, 0) is 13.6 Å². The molecular formula is C15H17N5S2. The second-order valence-electron chi connectivity index (χ2n) is 4.95. The lowest BCUT2D eigenvalue weighted by Gasteiger charge is -2.07. The molecule has 0 saturated carbocycles. The van der Waals surface area contributed by atoms with E-state index in [9.17, 15) is 0 Å². The van der Waals surface area contributed by atoms with Crippen LogP contribution < -0.4 is 5.32 Å². The van der Waals surface area contributed by atoms with Crippen molar-refractivity contribution in [2.45, 2.75) is 29.6 Å². The van der Waals surface area contributed by atoms with Crippen LogP contribution in [0.4, 0.5) is 5.82 Å². The Morgan fingerprint density at radius 1 is 1.23 bits per heavy atom. The molecule has 0 atom stereocenters. The first-order valence-corrected chi connectivity index (χ1v) is 8.58. The van der Waals surface area contributed by atoms with Gasteiger partial charge in [0.15, 0.2) is 4.34 Å². The van der Waals surface area contributed by atoms with Crippen LogP contribution in [-0.4, -0.2) is 19.5 Å². The Morgan fingerprint density at radius 3 is 2.68 bits per heavy atom. The predicted octanol–water partition coefficient (Wildman–Crippen LogP) is 3.65. The average molecular weight is 331 g/mol. The molecule has 0 aromatic carbocycles. The molecule has 0 saturated heterocycles. The fraction of sp³-hybridized carbons (Fsp3) is 0.267. The second kappa shape index (κ2) is 6.50. The number of nitrogens with zero attached hydrogens (tertiary/aromatic N) is 4. The van der Waals surface area contributed by atoms with Gasteiger partial charge in [0.05, 0.1) is 18.4 Å². The minimum absolute atomic E-state index is 0.711. The number of anilines is 1. The Kier molecular flexibility index (Phi) is 4.44. The van der Waals surface area contributed by atoms with Crippen LogP contribution in [0, 0.1) is 13.8 Å². The number of thiazole rings is 1. The number of hydrogen-bond donors (Lipinski definition) is 1. The standard InChI is InChI=1S/C15H17N5S2/c1-10-9-21-15(19-10)22-13-4-5-14(18-8-13)17-7-12-6-16-11(2)20(12)3/h4-6,8-9H,7H2,1-3H3,(H,17,18). The van der Waals surface area contributed by atoms with E-state index >= 15 is 0 Å². The summed E-state index contributed by atoms with van der Waals surface area (Å²) in [7, 11) is 2.02. The van der Waals surface area contributed by atoms with Gasteiger partial charge in [-0.25, -0.2) is 15.0 Å². The molecule has 0 unspecified atom stereocenters. The van der Waals surface area contributed by atoms with Gasteiger partial charge in [-0.15, -0.1) is 11.3 Å². The molecule has 0 spiro atoms. The maximum absolute atomic E-state index is 4.45. The molecule has 5 nitrogen and oxygen atoms in total. The van der Waals surface area contributed by atoms with Gasteiger partial charge in [-0.05, 0) is 26.0 Å². The average Bonchev–Trinajstić information content (AvgIpc) is 3.06. The van der Waals surface area contributed by atoms with E-state index in [1.54, 1.807) is 23.1 Å². The normalized spacial score (nSPS) is 10.9. The lowest BCUT2D eigenvalue weighted by Crippen LogP contribution is -2.06. The first kappa shape index (κ1) is 15.1. The molecule has 3 aromatic rings. The third-order valence-corrected chi connectivity index (χ3v) is 5.34. The Balaban J connectivity index is 1.60. The van der Waals surface area contributed by atoms with E-state index in [2.05, 4.69) is 36.3 Å². The summed E-state index contributed by atoms with van der Waals surface area (Å²) in [5.41, 5.74) is 2.20. The van der Waals surface area contributed by atoms with Gasteiger partial charge in [0.1, 0.15) is 11.6 Å². The van der Waals surface area contributed by atoms with Crippen LogP contribution in [0.2, 0.25) is 0 Å². The summed E-state index contributed by atoms with van der Waals surface area (Å²) in [4.78, 5) is 14.3. The van der Waals surface area contributed by atoms with Crippen molar-refractivity contribution >= 4 is 28.9 Å². The summed E-state index contributed by atoms with van der Waals surface area (Å²) in [6.07, 6.45) is 3.76. The lowest BCUT2D eigenvalue weighted by molar-refractivity contribution is 0.799. The van der Waals surface area contributed by atoms with E-state index < -0.39 is 0 Å². The molecule has 3 rings (SSSR count). The van der Waals surface area contributed by atoms with Crippen LogP contribution in [0.15, 0.2) is 39.1 Å². The summed E-state index contributed by atoms with van der Waals surface area (Å²) in [5, 5.41) is 5.37. The summed E-state index contributed by atoms with van der Waals surface area (Å²) in [6, 6.07) is 4.05. The zero-order chi connectivity index (χ0) is 15.5. The minimum atomic E-state index is 0.711. The molecule has 0 aliphatic carbocycles. The lowest BCUT2D eigenvalue weighted by atomic mass is 10.4. The van der Waals surface area contributed by atoms with E-state index in [-0.39, 0.29) is 0 Å². The smallest absolute Gasteiger partial charge is 0.154 e. The molecule has 0 aliphatic rings. The Labute approximate surface area is 137 Å². The highest BCUT2D eigenvalue weighted by Crippen LogP contribution is 2.30. The second-order valence-corrected chi connectivity index (χ2v) is 7.12. The third kappa shape index (κ3) is 3.48. The van der Waals surface area contributed by atoms with Gasteiger partial charge in [-0.1, -0.05) is 11.8 Å². The fourth-order valence-electron chi connectivity index (χ4n) is 1.92. The molecule has 3 heterocycles. The van der Waals surface area contributed by atoms with Crippen molar-refractivity contribution < 1.29 is 0 Å². The Hall–Kier alpha value is -1.86. The van der Waals surface area contributed by atoms with E-state index in [0.717, 1.165) is 32.3 Å². The van der Waals surface area contributed by atoms with Crippen molar-refractivity contribution in [1.82, 2.24) is 19.5 Å². The van der Waals surface area contributed by atoms with Gasteiger partial charge in [-0.2, -0.15) is 0 Å². The van der Waals surface area contributed by atoms with E-state index in [4.69, 9.17) is 0 Å². The molecule has 3 aromatic heterocycles. The number of imidazole rings is 1. The Bertz CT molecular complexity index is 761. The van der Waals surface area contributed by atoms with Gasteiger partial charge in [0, 0.05) is 29.2 Å². The topological polar surface area (TPSA) is 55.6 Å². The van der Waals surface area contributed by atoms with E-state index in [0.29, 0.717) is 6.54 Å². The van der Waals surface area contributed by atoms with Gasteiger partial charge >= 0.3 is 0 Å². The SMILES string of the molecule is Cc1csc(Sc2ccc(NCc3cnc(C)n3C)nc2)n1. The summed E-state index contributed by atoms with van der Waals surface area (Å²) >= 11 is 3.30. The number of aromatic nitrogens is 4. The maximum Gasteiger partial charge on any atom is 0.154 e. The van der Waals surface area contributed by atoms with E-state index in [1.165, 1.54) is 0 Å². The molecule has 114 valence electrons. The molecule has 0 fully saturated rings. The summed E-state index contributed by atoms with van der Waals surface area (Å²) in [6.45, 7) is 4.71. The molecular weight excluding hydrogens is 314 g/mol.